The highest BCUT2D eigenvalue weighted by atomic mass is 16.5. The van der Waals surface area contributed by atoms with E-state index in [4.69, 9.17) is 9.47 Å². The number of hydrogen-bond donors (Lipinski definition) is 1. The third kappa shape index (κ3) is 5.95. The van der Waals surface area contributed by atoms with Crippen molar-refractivity contribution >= 4 is 5.91 Å². The maximum Gasteiger partial charge on any atom is 0.258 e. The van der Waals surface area contributed by atoms with Crippen LogP contribution in [-0.4, -0.2) is 25.7 Å². The Morgan fingerprint density at radius 3 is 2.17 bits per heavy atom. The molecule has 1 amide bonds. The van der Waals surface area contributed by atoms with Crippen molar-refractivity contribution < 1.29 is 14.3 Å². The molecule has 2 aromatic carbocycles. The standard InChI is InChI=1S/C20H25NO3/c1-20(2,3)16-9-11-18(12-10-16)23-14-13-21-19(22)15-24-17-7-5-4-6-8-17/h4-12H,13-15H2,1-3H3,(H,21,22). The van der Waals surface area contributed by atoms with Gasteiger partial charge in [0, 0.05) is 0 Å². The summed E-state index contributed by atoms with van der Waals surface area (Å²) in [6.07, 6.45) is 0. The number of benzene rings is 2. The molecule has 0 atom stereocenters. The van der Waals surface area contributed by atoms with Crippen LogP contribution in [0.5, 0.6) is 11.5 Å². The summed E-state index contributed by atoms with van der Waals surface area (Å²) in [5.41, 5.74) is 1.40. The molecular weight excluding hydrogens is 302 g/mol. The number of nitrogens with one attached hydrogen (secondary N) is 1. The van der Waals surface area contributed by atoms with Crippen molar-refractivity contribution in [3.8, 4) is 11.5 Å². The number of para-hydroxylation sites is 1. The van der Waals surface area contributed by atoms with Gasteiger partial charge in [-0.05, 0) is 35.2 Å². The van der Waals surface area contributed by atoms with Crippen LogP contribution < -0.4 is 14.8 Å². The summed E-state index contributed by atoms with van der Waals surface area (Å²) in [6, 6.07) is 17.3. The van der Waals surface area contributed by atoms with Crippen LogP contribution in [0.1, 0.15) is 26.3 Å². The Morgan fingerprint density at radius 1 is 0.917 bits per heavy atom. The SMILES string of the molecule is CC(C)(C)c1ccc(OCCNC(=O)COc2ccccc2)cc1. The van der Waals surface area contributed by atoms with Crippen molar-refractivity contribution in [2.75, 3.05) is 19.8 Å². The zero-order valence-corrected chi connectivity index (χ0v) is 14.5. The second-order valence-electron chi connectivity index (χ2n) is 6.57. The van der Waals surface area contributed by atoms with Gasteiger partial charge in [0.25, 0.3) is 5.91 Å². The van der Waals surface area contributed by atoms with Crippen molar-refractivity contribution in [2.45, 2.75) is 26.2 Å². The number of carbonyl (C=O) groups excluding carboxylic acids is 1. The third-order valence-corrected chi connectivity index (χ3v) is 3.53. The van der Waals surface area contributed by atoms with Crippen LogP contribution in [0.15, 0.2) is 54.6 Å². The largest absolute Gasteiger partial charge is 0.492 e. The highest BCUT2D eigenvalue weighted by Gasteiger charge is 2.12. The molecule has 0 aliphatic carbocycles. The molecule has 0 saturated heterocycles. The molecule has 0 aromatic heterocycles. The Bertz CT molecular complexity index is 630. The number of hydrogen-bond acceptors (Lipinski definition) is 3. The summed E-state index contributed by atoms with van der Waals surface area (Å²) in [5, 5.41) is 2.77. The fourth-order valence-corrected chi connectivity index (χ4v) is 2.13. The first-order valence-electron chi connectivity index (χ1n) is 8.13. The predicted molar refractivity (Wildman–Crippen MR) is 95.6 cm³/mol. The quantitative estimate of drug-likeness (QED) is 0.791. The molecule has 2 rings (SSSR count). The van der Waals surface area contributed by atoms with Crippen molar-refractivity contribution in [2.24, 2.45) is 0 Å². The number of amides is 1. The van der Waals surface area contributed by atoms with Gasteiger partial charge in [0.1, 0.15) is 18.1 Å². The van der Waals surface area contributed by atoms with Gasteiger partial charge in [0.05, 0.1) is 6.54 Å². The van der Waals surface area contributed by atoms with Crippen LogP contribution in [-0.2, 0) is 10.2 Å². The summed E-state index contributed by atoms with van der Waals surface area (Å²) in [5.74, 6) is 1.33. The summed E-state index contributed by atoms with van der Waals surface area (Å²) < 4.78 is 11.0. The van der Waals surface area contributed by atoms with Gasteiger partial charge in [-0.3, -0.25) is 4.79 Å². The van der Waals surface area contributed by atoms with Crippen molar-refractivity contribution in [1.29, 1.82) is 0 Å². The minimum atomic E-state index is -0.162. The van der Waals surface area contributed by atoms with Gasteiger partial charge in [-0.1, -0.05) is 51.1 Å². The maximum absolute atomic E-state index is 11.7. The lowest BCUT2D eigenvalue weighted by Crippen LogP contribution is -2.32. The van der Waals surface area contributed by atoms with E-state index in [-0.39, 0.29) is 17.9 Å². The van der Waals surface area contributed by atoms with Gasteiger partial charge in [-0.15, -0.1) is 0 Å². The molecule has 0 aliphatic heterocycles. The number of ether oxygens (including phenoxy) is 2. The Labute approximate surface area is 143 Å². The van der Waals surface area contributed by atoms with Crippen molar-refractivity contribution in [3.05, 3.63) is 60.2 Å². The Balaban J connectivity index is 1.64. The Kier molecular flexibility index (Phi) is 6.24. The van der Waals surface area contributed by atoms with Gasteiger partial charge >= 0.3 is 0 Å². The Morgan fingerprint density at radius 2 is 1.54 bits per heavy atom. The molecule has 1 N–H and O–H groups in total. The minimum absolute atomic E-state index is 0.00426. The molecule has 0 saturated carbocycles. The predicted octanol–water partition coefficient (Wildman–Crippen LogP) is 3.56. The zero-order valence-electron chi connectivity index (χ0n) is 14.5. The highest BCUT2D eigenvalue weighted by Crippen LogP contribution is 2.24. The lowest BCUT2D eigenvalue weighted by atomic mass is 9.87. The zero-order chi connectivity index (χ0) is 17.4. The van der Waals surface area contributed by atoms with E-state index in [1.165, 1.54) is 5.56 Å². The van der Waals surface area contributed by atoms with E-state index in [9.17, 15) is 4.79 Å². The molecule has 4 heteroatoms. The van der Waals surface area contributed by atoms with Crippen LogP contribution in [0.3, 0.4) is 0 Å². The topological polar surface area (TPSA) is 47.6 Å². The van der Waals surface area contributed by atoms with E-state index in [1.54, 1.807) is 0 Å². The van der Waals surface area contributed by atoms with Crippen LogP contribution in [0.4, 0.5) is 0 Å². The number of carbonyl (C=O) groups is 1. The lowest BCUT2D eigenvalue weighted by Gasteiger charge is -2.19. The van der Waals surface area contributed by atoms with E-state index >= 15 is 0 Å². The molecule has 128 valence electrons. The molecule has 0 heterocycles. The molecule has 0 fully saturated rings. The lowest BCUT2D eigenvalue weighted by molar-refractivity contribution is -0.123. The monoisotopic (exact) mass is 327 g/mol. The minimum Gasteiger partial charge on any atom is -0.492 e. The fourth-order valence-electron chi connectivity index (χ4n) is 2.13. The van der Waals surface area contributed by atoms with Crippen molar-refractivity contribution in [1.82, 2.24) is 5.32 Å². The average molecular weight is 327 g/mol. The van der Waals surface area contributed by atoms with Gasteiger partial charge in [-0.2, -0.15) is 0 Å². The second-order valence-corrected chi connectivity index (χ2v) is 6.57. The summed E-state index contributed by atoms with van der Waals surface area (Å²) in [7, 11) is 0. The molecule has 0 spiro atoms. The van der Waals surface area contributed by atoms with Gasteiger partial charge in [0.2, 0.25) is 0 Å². The van der Waals surface area contributed by atoms with E-state index in [2.05, 4.69) is 38.2 Å². The highest BCUT2D eigenvalue weighted by molar-refractivity contribution is 5.77. The first-order valence-corrected chi connectivity index (χ1v) is 8.13. The smallest absolute Gasteiger partial charge is 0.258 e. The van der Waals surface area contributed by atoms with Gasteiger partial charge in [0.15, 0.2) is 6.61 Å². The van der Waals surface area contributed by atoms with E-state index < -0.39 is 0 Å². The van der Waals surface area contributed by atoms with E-state index in [0.29, 0.717) is 18.9 Å². The summed E-state index contributed by atoms with van der Waals surface area (Å²) in [6.45, 7) is 7.40. The molecule has 24 heavy (non-hydrogen) atoms. The normalized spacial score (nSPS) is 11.0. The molecule has 0 unspecified atom stereocenters. The van der Waals surface area contributed by atoms with E-state index in [0.717, 1.165) is 5.75 Å². The molecule has 4 nitrogen and oxygen atoms in total. The molecule has 2 aromatic rings. The fraction of sp³-hybridized carbons (Fsp3) is 0.350. The second kappa shape index (κ2) is 8.39. The summed E-state index contributed by atoms with van der Waals surface area (Å²) in [4.78, 5) is 11.7. The number of rotatable bonds is 7. The van der Waals surface area contributed by atoms with Crippen LogP contribution >= 0.6 is 0 Å². The maximum atomic E-state index is 11.7. The first kappa shape index (κ1) is 17.9. The molecule has 0 radical (unpaired) electrons. The summed E-state index contributed by atoms with van der Waals surface area (Å²) >= 11 is 0. The van der Waals surface area contributed by atoms with Crippen LogP contribution in [0.2, 0.25) is 0 Å². The van der Waals surface area contributed by atoms with E-state index in [1.807, 2.05) is 42.5 Å². The third-order valence-electron chi connectivity index (χ3n) is 3.53. The van der Waals surface area contributed by atoms with Gasteiger partial charge in [-0.25, -0.2) is 0 Å². The van der Waals surface area contributed by atoms with Gasteiger partial charge < -0.3 is 14.8 Å². The Hall–Kier alpha value is -2.49. The van der Waals surface area contributed by atoms with Crippen LogP contribution in [0.25, 0.3) is 0 Å². The molecule has 0 aliphatic rings. The molecule has 0 bridgehead atoms. The van der Waals surface area contributed by atoms with Crippen molar-refractivity contribution in [3.63, 3.8) is 0 Å². The van der Waals surface area contributed by atoms with Crippen LogP contribution in [0, 0.1) is 0 Å². The first-order chi connectivity index (χ1) is 11.4. The molecular formula is C20H25NO3. The average Bonchev–Trinajstić information content (AvgIpc) is 2.57.